The van der Waals surface area contributed by atoms with E-state index in [4.69, 9.17) is 4.52 Å². The zero-order valence-electron chi connectivity index (χ0n) is 11.4. The third-order valence-corrected chi connectivity index (χ3v) is 2.97. The Morgan fingerprint density at radius 2 is 1.95 bits per heavy atom. The summed E-state index contributed by atoms with van der Waals surface area (Å²) in [6.45, 7) is 4.18. The fraction of sp³-hybridized carbons (Fsp3) is 0.467. The summed E-state index contributed by atoms with van der Waals surface area (Å²) in [5, 5.41) is 7.40. The molecule has 0 saturated carbocycles. The second-order valence-corrected chi connectivity index (χ2v) is 4.59. The van der Waals surface area contributed by atoms with Crippen molar-refractivity contribution in [3.63, 3.8) is 0 Å². The third-order valence-electron chi connectivity index (χ3n) is 2.97. The van der Waals surface area contributed by atoms with E-state index in [0.717, 1.165) is 30.9 Å². The van der Waals surface area contributed by atoms with Gasteiger partial charge in [-0.1, -0.05) is 43.1 Å². The van der Waals surface area contributed by atoms with Crippen molar-refractivity contribution in [2.75, 3.05) is 13.1 Å². The van der Waals surface area contributed by atoms with Crippen LogP contribution in [0, 0.1) is 0 Å². The second kappa shape index (κ2) is 7.69. The van der Waals surface area contributed by atoms with Crippen molar-refractivity contribution in [2.24, 2.45) is 0 Å². The van der Waals surface area contributed by atoms with Crippen molar-refractivity contribution in [3.05, 3.63) is 36.2 Å². The highest BCUT2D eigenvalue weighted by Crippen LogP contribution is 2.15. The van der Waals surface area contributed by atoms with E-state index in [1.54, 1.807) is 0 Å². The highest BCUT2D eigenvalue weighted by atomic mass is 16.5. The first-order valence-corrected chi connectivity index (χ1v) is 6.99. The number of nitrogens with one attached hydrogen (secondary N) is 1. The van der Waals surface area contributed by atoms with Gasteiger partial charge >= 0.3 is 0 Å². The van der Waals surface area contributed by atoms with Crippen LogP contribution in [0.3, 0.4) is 0 Å². The van der Waals surface area contributed by atoms with Crippen LogP contribution in [-0.4, -0.2) is 23.2 Å². The molecular weight excluding hydrogens is 238 g/mol. The van der Waals surface area contributed by atoms with Crippen LogP contribution in [0.2, 0.25) is 0 Å². The summed E-state index contributed by atoms with van der Waals surface area (Å²) >= 11 is 0. The first kappa shape index (κ1) is 13.7. The van der Waals surface area contributed by atoms with Gasteiger partial charge in [-0.2, -0.15) is 4.98 Å². The van der Waals surface area contributed by atoms with E-state index in [0.29, 0.717) is 5.89 Å². The molecule has 0 aliphatic rings. The average Bonchev–Trinajstić information content (AvgIpc) is 2.92. The van der Waals surface area contributed by atoms with E-state index >= 15 is 0 Å². The van der Waals surface area contributed by atoms with Crippen molar-refractivity contribution in [1.82, 2.24) is 15.5 Å². The van der Waals surface area contributed by atoms with Crippen molar-refractivity contribution >= 4 is 0 Å². The molecule has 0 fully saturated rings. The Morgan fingerprint density at radius 1 is 1.11 bits per heavy atom. The van der Waals surface area contributed by atoms with Gasteiger partial charge in [0.2, 0.25) is 0 Å². The molecule has 2 aromatic rings. The van der Waals surface area contributed by atoms with Gasteiger partial charge in [0.05, 0.1) is 0 Å². The van der Waals surface area contributed by atoms with Crippen LogP contribution in [-0.2, 0) is 6.42 Å². The molecule has 102 valence electrons. The number of benzene rings is 1. The summed E-state index contributed by atoms with van der Waals surface area (Å²) in [5.74, 6) is 1.36. The molecule has 0 radical (unpaired) electrons. The quantitative estimate of drug-likeness (QED) is 0.740. The first-order chi connectivity index (χ1) is 9.40. The molecule has 1 aromatic carbocycles. The molecule has 0 saturated heterocycles. The predicted molar refractivity (Wildman–Crippen MR) is 75.8 cm³/mol. The molecular formula is C15H21N3O. The molecule has 0 spiro atoms. The summed E-state index contributed by atoms with van der Waals surface area (Å²) in [4.78, 5) is 4.40. The summed E-state index contributed by atoms with van der Waals surface area (Å²) in [7, 11) is 0. The van der Waals surface area contributed by atoms with E-state index in [1.165, 1.54) is 19.3 Å². The van der Waals surface area contributed by atoms with Gasteiger partial charge < -0.3 is 9.84 Å². The van der Waals surface area contributed by atoms with Crippen molar-refractivity contribution in [3.8, 4) is 11.5 Å². The molecule has 2 rings (SSSR count). The number of hydrogen-bond acceptors (Lipinski definition) is 4. The molecule has 4 heteroatoms. The van der Waals surface area contributed by atoms with Gasteiger partial charge in [0, 0.05) is 18.5 Å². The largest absolute Gasteiger partial charge is 0.334 e. The summed E-state index contributed by atoms with van der Waals surface area (Å²) in [5.41, 5.74) is 0.970. The Kier molecular flexibility index (Phi) is 5.56. The van der Waals surface area contributed by atoms with Gasteiger partial charge in [0.15, 0.2) is 5.82 Å². The van der Waals surface area contributed by atoms with Crippen molar-refractivity contribution < 1.29 is 4.52 Å². The Morgan fingerprint density at radius 3 is 2.74 bits per heavy atom. The molecule has 1 heterocycles. The lowest BCUT2D eigenvalue weighted by Gasteiger charge is -2.00. The van der Waals surface area contributed by atoms with Crippen molar-refractivity contribution in [1.29, 1.82) is 0 Å². The third kappa shape index (κ3) is 4.48. The maximum absolute atomic E-state index is 5.26. The predicted octanol–water partition coefficient (Wildman–Crippen LogP) is 3.06. The van der Waals surface area contributed by atoms with Gasteiger partial charge in [0.25, 0.3) is 5.89 Å². The molecule has 1 N–H and O–H groups in total. The first-order valence-electron chi connectivity index (χ1n) is 6.99. The molecule has 0 amide bonds. The minimum atomic E-state index is 0.599. The van der Waals surface area contributed by atoms with E-state index in [9.17, 15) is 0 Å². The molecule has 19 heavy (non-hydrogen) atoms. The lowest BCUT2D eigenvalue weighted by molar-refractivity contribution is 0.421. The maximum Gasteiger partial charge on any atom is 0.257 e. The van der Waals surface area contributed by atoms with Crippen molar-refractivity contribution in [2.45, 2.75) is 32.6 Å². The van der Waals surface area contributed by atoms with E-state index in [-0.39, 0.29) is 0 Å². The Balaban J connectivity index is 1.75. The van der Waals surface area contributed by atoms with Crippen LogP contribution in [0.4, 0.5) is 0 Å². The van der Waals surface area contributed by atoms with Gasteiger partial charge in [-0.15, -0.1) is 0 Å². The topological polar surface area (TPSA) is 51.0 Å². The van der Waals surface area contributed by atoms with E-state index in [2.05, 4.69) is 22.4 Å². The number of aromatic nitrogens is 2. The highest BCUT2D eigenvalue weighted by Gasteiger charge is 2.07. The van der Waals surface area contributed by atoms with Gasteiger partial charge in [-0.25, -0.2) is 0 Å². The Bertz CT molecular complexity index is 467. The molecule has 0 bridgehead atoms. The molecule has 0 atom stereocenters. The van der Waals surface area contributed by atoms with E-state index < -0.39 is 0 Å². The second-order valence-electron chi connectivity index (χ2n) is 4.59. The zero-order chi connectivity index (χ0) is 13.3. The lowest BCUT2D eigenvalue weighted by atomic mass is 10.2. The summed E-state index contributed by atoms with van der Waals surface area (Å²) in [6, 6.07) is 9.85. The van der Waals surface area contributed by atoms with Gasteiger partial charge in [-0.3, -0.25) is 0 Å². The van der Waals surface area contributed by atoms with Crippen LogP contribution in [0.1, 0.15) is 32.0 Å². The van der Waals surface area contributed by atoms with Crippen LogP contribution in [0.25, 0.3) is 11.5 Å². The smallest absolute Gasteiger partial charge is 0.257 e. The SMILES string of the molecule is CCCCCNCCc1noc(-c2ccccc2)n1. The number of rotatable bonds is 8. The minimum absolute atomic E-state index is 0.599. The van der Waals surface area contributed by atoms with Crippen LogP contribution in [0.5, 0.6) is 0 Å². The Hall–Kier alpha value is -1.68. The number of hydrogen-bond donors (Lipinski definition) is 1. The van der Waals surface area contributed by atoms with Crippen LogP contribution < -0.4 is 5.32 Å². The zero-order valence-corrected chi connectivity index (χ0v) is 11.4. The van der Waals surface area contributed by atoms with Crippen LogP contribution in [0.15, 0.2) is 34.9 Å². The molecule has 1 aromatic heterocycles. The normalized spacial score (nSPS) is 10.8. The van der Waals surface area contributed by atoms with Crippen LogP contribution >= 0.6 is 0 Å². The van der Waals surface area contributed by atoms with Gasteiger partial charge in [0.1, 0.15) is 0 Å². The number of unbranched alkanes of at least 4 members (excludes halogenated alkanes) is 2. The highest BCUT2D eigenvalue weighted by molar-refractivity contribution is 5.51. The standard InChI is InChI=1S/C15H21N3O/c1-2-3-7-11-16-12-10-14-17-15(19-18-14)13-8-5-4-6-9-13/h4-6,8-9,16H,2-3,7,10-12H2,1H3. The number of nitrogens with zero attached hydrogens (tertiary/aromatic N) is 2. The fourth-order valence-corrected chi connectivity index (χ4v) is 1.88. The summed E-state index contributed by atoms with van der Waals surface area (Å²) < 4.78 is 5.26. The van der Waals surface area contributed by atoms with Gasteiger partial charge in [-0.05, 0) is 25.1 Å². The fourth-order valence-electron chi connectivity index (χ4n) is 1.88. The maximum atomic E-state index is 5.26. The minimum Gasteiger partial charge on any atom is -0.334 e. The lowest BCUT2D eigenvalue weighted by Crippen LogP contribution is -2.18. The molecule has 0 unspecified atom stereocenters. The molecule has 0 aliphatic heterocycles. The Labute approximate surface area is 114 Å². The molecule has 0 aliphatic carbocycles. The molecule has 4 nitrogen and oxygen atoms in total. The average molecular weight is 259 g/mol. The monoisotopic (exact) mass is 259 g/mol. The summed E-state index contributed by atoms with van der Waals surface area (Å²) in [6.07, 6.45) is 4.58. The van der Waals surface area contributed by atoms with E-state index in [1.807, 2.05) is 30.3 Å².